The van der Waals surface area contributed by atoms with Crippen LogP contribution in [0.3, 0.4) is 0 Å². The van der Waals surface area contributed by atoms with Gasteiger partial charge in [0.15, 0.2) is 11.8 Å². The zero-order valence-electron chi connectivity index (χ0n) is 14.1. The Morgan fingerprint density at radius 3 is 2.46 bits per heavy atom. The normalized spacial score (nSPS) is 11.6. The van der Waals surface area contributed by atoms with Gasteiger partial charge in [-0.25, -0.2) is 4.68 Å². The molecule has 8 heteroatoms. The Kier molecular flexibility index (Phi) is 5.33. The highest BCUT2D eigenvalue weighted by molar-refractivity contribution is 6.00. The zero-order chi connectivity index (χ0) is 18.4. The second-order valence-electron chi connectivity index (χ2n) is 5.47. The van der Waals surface area contributed by atoms with Crippen molar-refractivity contribution < 1.29 is 14.3 Å². The largest absolute Gasteiger partial charge is 0.497 e. The Morgan fingerprint density at radius 1 is 1.12 bits per heavy atom. The first-order valence-electron chi connectivity index (χ1n) is 7.91. The molecule has 0 saturated carbocycles. The van der Waals surface area contributed by atoms with Crippen LogP contribution in [0.1, 0.15) is 22.0 Å². The van der Waals surface area contributed by atoms with Crippen molar-refractivity contribution in [1.29, 1.82) is 0 Å². The second-order valence-corrected chi connectivity index (χ2v) is 5.47. The van der Waals surface area contributed by atoms with E-state index in [1.807, 2.05) is 18.2 Å². The van der Waals surface area contributed by atoms with E-state index in [0.717, 1.165) is 0 Å². The minimum Gasteiger partial charge on any atom is -0.497 e. The van der Waals surface area contributed by atoms with Gasteiger partial charge >= 0.3 is 0 Å². The molecule has 0 aliphatic heterocycles. The van der Waals surface area contributed by atoms with Crippen LogP contribution in [-0.2, 0) is 4.79 Å². The number of tetrazole rings is 1. The number of aromatic nitrogens is 4. The van der Waals surface area contributed by atoms with Crippen LogP contribution in [0.5, 0.6) is 5.75 Å². The molecule has 2 aromatic carbocycles. The summed E-state index contributed by atoms with van der Waals surface area (Å²) in [5.41, 5.74) is 1.21. The molecule has 0 aliphatic rings. The summed E-state index contributed by atoms with van der Waals surface area (Å²) in [7, 11) is 1.56. The first kappa shape index (κ1) is 17.3. The summed E-state index contributed by atoms with van der Waals surface area (Å²) in [6.45, 7) is -0.128. The number of hydrogen-bond acceptors (Lipinski definition) is 6. The highest BCUT2D eigenvalue weighted by atomic mass is 16.5. The minimum atomic E-state index is -0.755. The molecule has 0 radical (unpaired) electrons. The molecule has 1 heterocycles. The third-order valence-corrected chi connectivity index (χ3v) is 3.83. The summed E-state index contributed by atoms with van der Waals surface area (Å²) in [6, 6.07) is 15.1. The number of benzene rings is 2. The third kappa shape index (κ3) is 3.92. The van der Waals surface area contributed by atoms with E-state index in [-0.39, 0.29) is 18.2 Å². The molecular formula is C18H17N5O3. The number of ether oxygens (including phenoxy) is 1. The van der Waals surface area contributed by atoms with Crippen molar-refractivity contribution in [3.8, 4) is 5.75 Å². The lowest BCUT2D eigenvalue weighted by Gasteiger charge is -2.16. The van der Waals surface area contributed by atoms with Gasteiger partial charge < -0.3 is 10.1 Å². The minimum absolute atomic E-state index is 0.128. The number of ketones is 1. The van der Waals surface area contributed by atoms with Gasteiger partial charge in [0, 0.05) is 5.56 Å². The van der Waals surface area contributed by atoms with E-state index >= 15 is 0 Å². The standard InChI is InChI=1S/C18H17N5O3/c1-26-15-9-7-13(8-10-15)16(24)11-19-18(25)17(23-12-20-21-22-23)14-5-3-2-4-6-14/h2-10,12,17H,11H2,1H3,(H,19,25)/t17-/m1/s1. The van der Waals surface area contributed by atoms with Gasteiger partial charge in [-0.2, -0.15) is 0 Å². The van der Waals surface area contributed by atoms with E-state index in [1.54, 1.807) is 43.5 Å². The van der Waals surface area contributed by atoms with Crippen molar-refractivity contribution in [2.24, 2.45) is 0 Å². The van der Waals surface area contributed by atoms with Crippen molar-refractivity contribution in [2.75, 3.05) is 13.7 Å². The first-order chi connectivity index (χ1) is 12.7. The molecule has 8 nitrogen and oxygen atoms in total. The predicted octanol–water partition coefficient (Wildman–Crippen LogP) is 1.27. The van der Waals surface area contributed by atoms with E-state index in [2.05, 4.69) is 20.8 Å². The van der Waals surface area contributed by atoms with Gasteiger partial charge in [-0.15, -0.1) is 5.10 Å². The lowest BCUT2D eigenvalue weighted by atomic mass is 10.1. The van der Waals surface area contributed by atoms with E-state index in [9.17, 15) is 9.59 Å². The van der Waals surface area contributed by atoms with Crippen molar-refractivity contribution in [3.63, 3.8) is 0 Å². The number of nitrogens with one attached hydrogen (secondary N) is 1. The van der Waals surface area contributed by atoms with Crippen LogP contribution in [0.2, 0.25) is 0 Å². The Morgan fingerprint density at radius 2 is 1.85 bits per heavy atom. The van der Waals surface area contributed by atoms with Crippen molar-refractivity contribution in [2.45, 2.75) is 6.04 Å². The van der Waals surface area contributed by atoms with Gasteiger partial charge in [0.1, 0.15) is 12.1 Å². The summed E-state index contributed by atoms with van der Waals surface area (Å²) in [5.74, 6) is 0.0864. The van der Waals surface area contributed by atoms with E-state index < -0.39 is 6.04 Å². The molecule has 3 rings (SSSR count). The topological polar surface area (TPSA) is 99.0 Å². The number of methoxy groups -OCH3 is 1. The van der Waals surface area contributed by atoms with Gasteiger partial charge in [0.05, 0.1) is 13.7 Å². The Bertz CT molecular complexity index is 864. The van der Waals surface area contributed by atoms with Crippen molar-refractivity contribution in [1.82, 2.24) is 25.5 Å². The molecule has 1 atom stereocenters. The van der Waals surface area contributed by atoms with Gasteiger partial charge in [-0.05, 0) is 40.3 Å². The molecule has 0 aliphatic carbocycles. The van der Waals surface area contributed by atoms with Crippen LogP contribution in [0.15, 0.2) is 60.9 Å². The molecule has 0 spiro atoms. The molecule has 1 N–H and O–H groups in total. The maximum atomic E-state index is 12.7. The van der Waals surface area contributed by atoms with E-state index in [4.69, 9.17) is 4.74 Å². The number of carbonyl (C=O) groups is 2. The number of amides is 1. The van der Waals surface area contributed by atoms with Crippen LogP contribution in [0, 0.1) is 0 Å². The number of rotatable bonds is 7. The average Bonchev–Trinajstić information content (AvgIpc) is 3.21. The molecule has 1 aromatic heterocycles. The van der Waals surface area contributed by atoms with Gasteiger partial charge in [-0.3, -0.25) is 9.59 Å². The molecule has 0 unspecified atom stereocenters. The smallest absolute Gasteiger partial charge is 0.249 e. The lowest BCUT2D eigenvalue weighted by Crippen LogP contribution is -2.36. The van der Waals surface area contributed by atoms with Gasteiger partial charge in [0.25, 0.3) is 0 Å². The zero-order valence-corrected chi connectivity index (χ0v) is 14.1. The van der Waals surface area contributed by atoms with Gasteiger partial charge in [0.2, 0.25) is 5.91 Å². The Labute approximate surface area is 149 Å². The molecular weight excluding hydrogens is 334 g/mol. The lowest BCUT2D eigenvalue weighted by molar-refractivity contribution is -0.123. The maximum absolute atomic E-state index is 12.7. The summed E-state index contributed by atoms with van der Waals surface area (Å²) in [4.78, 5) is 25.0. The highest BCUT2D eigenvalue weighted by Gasteiger charge is 2.24. The van der Waals surface area contributed by atoms with E-state index in [1.165, 1.54) is 11.0 Å². The predicted molar refractivity (Wildman–Crippen MR) is 92.7 cm³/mol. The number of hydrogen-bond donors (Lipinski definition) is 1. The quantitative estimate of drug-likeness (QED) is 0.644. The molecule has 0 bridgehead atoms. The van der Waals surface area contributed by atoms with Crippen molar-refractivity contribution in [3.05, 3.63) is 72.1 Å². The fourth-order valence-electron chi connectivity index (χ4n) is 2.49. The summed E-state index contributed by atoms with van der Waals surface area (Å²) < 4.78 is 6.42. The molecule has 0 saturated heterocycles. The summed E-state index contributed by atoms with van der Waals surface area (Å²) >= 11 is 0. The maximum Gasteiger partial charge on any atom is 0.249 e. The Balaban J connectivity index is 1.71. The third-order valence-electron chi connectivity index (χ3n) is 3.83. The van der Waals surface area contributed by atoms with Crippen LogP contribution >= 0.6 is 0 Å². The van der Waals surface area contributed by atoms with Crippen LogP contribution in [0.25, 0.3) is 0 Å². The molecule has 132 valence electrons. The summed E-state index contributed by atoms with van der Waals surface area (Å²) in [6.07, 6.45) is 1.36. The fourth-order valence-corrected chi connectivity index (χ4v) is 2.49. The van der Waals surface area contributed by atoms with Crippen molar-refractivity contribution >= 4 is 11.7 Å². The first-order valence-corrected chi connectivity index (χ1v) is 7.91. The SMILES string of the molecule is COc1ccc(C(=O)CNC(=O)[C@@H](c2ccccc2)n2cnnn2)cc1. The average molecular weight is 351 g/mol. The monoisotopic (exact) mass is 351 g/mol. The van der Waals surface area contributed by atoms with Crippen LogP contribution in [0.4, 0.5) is 0 Å². The Hall–Kier alpha value is -3.55. The number of carbonyl (C=O) groups excluding carboxylic acids is 2. The van der Waals surface area contributed by atoms with E-state index in [0.29, 0.717) is 16.9 Å². The van der Waals surface area contributed by atoms with Crippen LogP contribution in [-0.4, -0.2) is 45.6 Å². The molecule has 26 heavy (non-hydrogen) atoms. The van der Waals surface area contributed by atoms with Gasteiger partial charge in [-0.1, -0.05) is 30.3 Å². The number of nitrogens with zero attached hydrogens (tertiary/aromatic N) is 4. The highest BCUT2D eigenvalue weighted by Crippen LogP contribution is 2.17. The van der Waals surface area contributed by atoms with Crippen LogP contribution < -0.4 is 10.1 Å². The molecule has 3 aromatic rings. The fraction of sp³-hybridized carbons (Fsp3) is 0.167. The number of Topliss-reactive ketones (excluding diaryl/α,β-unsaturated/α-hetero) is 1. The molecule has 1 amide bonds. The molecule has 0 fully saturated rings. The second kappa shape index (κ2) is 8.02. The summed E-state index contributed by atoms with van der Waals surface area (Å²) in [5, 5.41) is 13.6.